The fourth-order valence-electron chi connectivity index (χ4n) is 1.61. The van der Waals surface area contributed by atoms with Crippen molar-refractivity contribution < 1.29 is 9.84 Å². The standard InChI is InChI=1S/C10H12O2/c11-10-9(6-7-12-10)8-4-2-1-3-5-8/h1-5,9-11H,6-7H2/t9-,10-/m0/s1. The maximum absolute atomic E-state index is 9.42. The molecule has 1 saturated heterocycles. The van der Waals surface area contributed by atoms with E-state index in [0.29, 0.717) is 6.61 Å². The maximum atomic E-state index is 9.42. The molecule has 2 atom stereocenters. The van der Waals surface area contributed by atoms with E-state index in [9.17, 15) is 5.11 Å². The Kier molecular flexibility index (Phi) is 2.11. The molecule has 1 aromatic rings. The zero-order valence-corrected chi connectivity index (χ0v) is 6.81. The van der Waals surface area contributed by atoms with Crippen molar-refractivity contribution in [2.75, 3.05) is 6.61 Å². The summed E-state index contributed by atoms with van der Waals surface area (Å²) in [4.78, 5) is 0. The first-order valence-electron chi connectivity index (χ1n) is 4.22. The number of rotatable bonds is 1. The summed E-state index contributed by atoms with van der Waals surface area (Å²) in [5, 5.41) is 9.42. The van der Waals surface area contributed by atoms with Crippen LogP contribution in [-0.2, 0) is 4.74 Å². The predicted molar refractivity (Wildman–Crippen MR) is 45.8 cm³/mol. The smallest absolute Gasteiger partial charge is 0.161 e. The summed E-state index contributed by atoms with van der Waals surface area (Å²) in [6.07, 6.45) is 0.318. The molecule has 1 fully saturated rings. The van der Waals surface area contributed by atoms with E-state index in [1.807, 2.05) is 30.3 Å². The summed E-state index contributed by atoms with van der Waals surface area (Å²) in [5.41, 5.74) is 1.17. The summed E-state index contributed by atoms with van der Waals surface area (Å²) in [6.45, 7) is 0.667. The average Bonchev–Trinajstić information content (AvgIpc) is 2.53. The second-order valence-corrected chi connectivity index (χ2v) is 3.07. The van der Waals surface area contributed by atoms with Crippen LogP contribution < -0.4 is 0 Å². The van der Waals surface area contributed by atoms with Gasteiger partial charge in [-0.25, -0.2) is 0 Å². The van der Waals surface area contributed by atoms with E-state index in [4.69, 9.17) is 4.74 Å². The van der Waals surface area contributed by atoms with Gasteiger partial charge in [-0.05, 0) is 12.0 Å². The molecule has 0 unspecified atom stereocenters. The second kappa shape index (κ2) is 3.25. The summed E-state index contributed by atoms with van der Waals surface area (Å²) in [6, 6.07) is 10.0. The van der Waals surface area contributed by atoms with Crippen LogP contribution in [0.2, 0.25) is 0 Å². The Balaban J connectivity index is 2.19. The molecule has 1 heterocycles. The minimum absolute atomic E-state index is 0.172. The highest BCUT2D eigenvalue weighted by Crippen LogP contribution is 2.29. The fourth-order valence-corrected chi connectivity index (χ4v) is 1.61. The third-order valence-corrected chi connectivity index (χ3v) is 2.29. The molecule has 0 spiro atoms. The molecule has 0 amide bonds. The van der Waals surface area contributed by atoms with E-state index in [1.165, 1.54) is 5.56 Å². The molecule has 0 saturated carbocycles. The SMILES string of the molecule is O[C@H]1OCC[C@H]1c1ccccc1. The molecular weight excluding hydrogens is 152 g/mol. The third-order valence-electron chi connectivity index (χ3n) is 2.29. The molecule has 2 nitrogen and oxygen atoms in total. The lowest BCUT2D eigenvalue weighted by atomic mass is 9.97. The molecule has 64 valence electrons. The van der Waals surface area contributed by atoms with Crippen molar-refractivity contribution in [1.82, 2.24) is 0 Å². The Morgan fingerprint density at radius 2 is 2.00 bits per heavy atom. The van der Waals surface area contributed by atoms with Gasteiger partial charge in [-0.2, -0.15) is 0 Å². The molecule has 0 radical (unpaired) electrons. The van der Waals surface area contributed by atoms with Crippen molar-refractivity contribution in [3.05, 3.63) is 35.9 Å². The molecule has 0 aliphatic carbocycles. The maximum Gasteiger partial charge on any atom is 0.161 e. The molecule has 0 aromatic heterocycles. The van der Waals surface area contributed by atoms with E-state index >= 15 is 0 Å². The van der Waals surface area contributed by atoms with Crippen LogP contribution in [-0.4, -0.2) is 18.0 Å². The highest BCUT2D eigenvalue weighted by molar-refractivity contribution is 5.20. The highest BCUT2D eigenvalue weighted by Gasteiger charge is 2.26. The lowest BCUT2D eigenvalue weighted by Gasteiger charge is -2.12. The van der Waals surface area contributed by atoms with Crippen LogP contribution in [0.3, 0.4) is 0 Å². The van der Waals surface area contributed by atoms with Crippen molar-refractivity contribution in [2.24, 2.45) is 0 Å². The lowest BCUT2D eigenvalue weighted by Crippen LogP contribution is -2.12. The molecule has 2 rings (SSSR count). The molecule has 12 heavy (non-hydrogen) atoms. The number of hydrogen-bond donors (Lipinski definition) is 1. The van der Waals surface area contributed by atoms with Crippen LogP contribution in [0.1, 0.15) is 17.9 Å². The summed E-state index contributed by atoms with van der Waals surface area (Å²) >= 11 is 0. The van der Waals surface area contributed by atoms with Crippen LogP contribution in [0, 0.1) is 0 Å². The van der Waals surface area contributed by atoms with Gasteiger partial charge in [0.15, 0.2) is 6.29 Å². The molecule has 1 N–H and O–H groups in total. The molecule has 1 aliphatic rings. The zero-order valence-electron chi connectivity index (χ0n) is 6.81. The van der Waals surface area contributed by atoms with Gasteiger partial charge in [0.1, 0.15) is 0 Å². The van der Waals surface area contributed by atoms with Crippen LogP contribution in [0.25, 0.3) is 0 Å². The largest absolute Gasteiger partial charge is 0.367 e. The van der Waals surface area contributed by atoms with Gasteiger partial charge in [-0.3, -0.25) is 0 Å². The van der Waals surface area contributed by atoms with E-state index in [2.05, 4.69) is 0 Å². The Bertz CT molecular complexity index is 245. The van der Waals surface area contributed by atoms with Gasteiger partial charge < -0.3 is 9.84 Å². The summed E-state index contributed by atoms with van der Waals surface area (Å²) in [5.74, 6) is 0.172. The topological polar surface area (TPSA) is 29.5 Å². The highest BCUT2D eigenvalue weighted by atomic mass is 16.6. The first-order chi connectivity index (χ1) is 5.88. The van der Waals surface area contributed by atoms with Gasteiger partial charge >= 0.3 is 0 Å². The monoisotopic (exact) mass is 164 g/mol. The molecule has 0 bridgehead atoms. The molecule has 1 aromatic carbocycles. The Morgan fingerprint density at radius 1 is 1.25 bits per heavy atom. The normalized spacial score (nSPS) is 29.1. The van der Waals surface area contributed by atoms with Crippen molar-refractivity contribution in [3.8, 4) is 0 Å². The molecule has 1 aliphatic heterocycles. The second-order valence-electron chi connectivity index (χ2n) is 3.07. The van der Waals surface area contributed by atoms with Gasteiger partial charge in [0, 0.05) is 5.92 Å². The molecule has 2 heteroatoms. The first kappa shape index (κ1) is 7.77. The fraction of sp³-hybridized carbons (Fsp3) is 0.400. The number of benzene rings is 1. The lowest BCUT2D eigenvalue weighted by molar-refractivity contribution is -0.0678. The number of aliphatic hydroxyl groups excluding tert-OH is 1. The summed E-state index contributed by atoms with van der Waals surface area (Å²) < 4.78 is 5.08. The van der Waals surface area contributed by atoms with E-state index in [-0.39, 0.29) is 5.92 Å². The Labute approximate surface area is 71.8 Å². The van der Waals surface area contributed by atoms with Crippen LogP contribution in [0.4, 0.5) is 0 Å². The quantitative estimate of drug-likeness (QED) is 0.681. The minimum atomic E-state index is -0.604. The van der Waals surface area contributed by atoms with Gasteiger partial charge in [0.25, 0.3) is 0 Å². The third kappa shape index (κ3) is 1.36. The van der Waals surface area contributed by atoms with Crippen molar-refractivity contribution in [3.63, 3.8) is 0 Å². The van der Waals surface area contributed by atoms with Gasteiger partial charge in [-0.15, -0.1) is 0 Å². The predicted octanol–water partition coefficient (Wildman–Crippen LogP) is 1.51. The van der Waals surface area contributed by atoms with Crippen molar-refractivity contribution in [2.45, 2.75) is 18.6 Å². The van der Waals surface area contributed by atoms with E-state index in [1.54, 1.807) is 0 Å². The van der Waals surface area contributed by atoms with Gasteiger partial charge in [-0.1, -0.05) is 30.3 Å². The number of hydrogen-bond acceptors (Lipinski definition) is 2. The molecular formula is C10H12O2. The van der Waals surface area contributed by atoms with Crippen LogP contribution >= 0.6 is 0 Å². The Hall–Kier alpha value is -0.860. The van der Waals surface area contributed by atoms with E-state index in [0.717, 1.165) is 6.42 Å². The van der Waals surface area contributed by atoms with Gasteiger partial charge in [0.05, 0.1) is 6.61 Å². The number of aliphatic hydroxyl groups is 1. The zero-order chi connectivity index (χ0) is 8.39. The van der Waals surface area contributed by atoms with Crippen molar-refractivity contribution >= 4 is 0 Å². The summed E-state index contributed by atoms with van der Waals surface area (Å²) in [7, 11) is 0. The van der Waals surface area contributed by atoms with E-state index < -0.39 is 6.29 Å². The number of ether oxygens (including phenoxy) is 1. The van der Waals surface area contributed by atoms with Crippen LogP contribution in [0.15, 0.2) is 30.3 Å². The van der Waals surface area contributed by atoms with Crippen molar-refractivity contribution in [1.29, 1.82) is 0 Å². The minimum Gasteiger partial charge on any atom is -0.367 e. The van der Waals surface area contributed by atoms with Crippen LogP contribution in [0.5, 0.6) is 0 Å². The average molecular weight is 164 g/mol. The first-order valence-corrected chi connectivity index (χ1v) is 4.22. The Morgan fingerprint density at radius 3 is 2.58 bits per heavy atom. The van der Waals surface area contributed by atoms with Gasteiger partial charge in [0.2, 0.25) is 0 Å².